The second-order valence-electron chi connectivity index (χ2n) is 11.4. The van der Waals surface area contributed by atoms with Crippen molar-refractivity contribution in [3.8, 4) is 5.75 Å². The Kier molecular flexibility index (Phi) is 12.9. The average Bonchev–Trinajstić information content (AvgIpc) is 3.42. The number of esters is 1. The van der Waals surface area contributed by atoms with Gasteiger partial charge < -0.3 is 24.5 Å². The summed E-state index contributed by atoms with van der Waals surface area (Å²) in [4.78, 5) is 39.0. The van der Waals surface area contributed by atoms with Crippen LogP contribution in [-0.2, 0) is 38.6 Å². The topological polar surface area (TPSA) is 125 Å². The number of ketones is 1. The van der Waals surface area contributed by atoms with Crippen molar-refractivity contribution in [3.05, 3.63) is 59.4 Å². The molecule has 2 N–H and O–H groups in total. The molecule has 0 unspecified atom stereocenters. The second-order valence-corrected chi connectivity index (χ2v) is 11.4. The van der Waals surface area contributed by atoms with Crippen LogP contribution < -0.4 is 10.5 Å². The van der Waals surface area contributed by atoms with Gasteiger partial charge in [0.05, 0.1) is 37.3 Å². The van der Waals surface area contributed by atoms with Crippen LogP contribution in [0.1, 0.15) is 44.1 Å². The lowest BCUT2D eigenvalue weighted by Gasteiger charge is -2.24. The maximum absolute atomic E-state index is 13.2. The Bertz CT molecular complexity index is 1620. The summed E-state index contributed by atoms with van der Waals surface area (Å²) in [5, 5.41) is 1.00. The van der Waals surface area contributed by atoms with Crippen LogP contribution in [0.25, 0.3) is 21.9 Å². The van der Waals surface area contributed by atoms with Gasteiger partial charge in [-0.05, 0) is 56.6 Å². The van der Waals surface area contributed by atoms with Crippen LogP contribution in [0.3, 0.4) is 0 Å². The van der Waals surface area contributed by atoms with E-state index in [1.54, 1.807) is 14.0 Å². The summed E-state index contributed by atoms with van der Waals surface area (Å²) in [5.74, 6) is 1.71. The highest BCUT2D eigenvalue weighted by Crippen LogP contribution is 2.29. The molecule has 0 atom stereocenters. The molecule has 248 valence electrons. The number of likely N-dealkylation sites (N-methyl/N-ethyl adjacent to an activating group) is 1. The fourth-order valence-corrected chi connectivity index (χ4v) is 5.69. The van der Waals surface area contributed by atoms with Crippen molar-refractivity contribution in [2.75, 3.05) is 65.4 Å². The molecule has 0 spiro atoms. The number of methoxy groups -OCH3 is 1. The van der Waals surface area contributed by atoms with E-state index in [9.17, 15) is 9.59 Å². The van der Waals surface area contributed by atoms with Gasteiger partial charge in [-0.15, -0.1) is 0 Å². The average molecular weight is 633 g/mol. The number of carbonyl (C=O) groups excluding carboxylic acids is 2. The fourth-order valence-electron chi connectivity index (χ4n) is 5.69. The Morgan fingerprint density at radius 3 is 2.50 bits per heavy atom. The third-order valence-corrected chi connectivity index (χ3v) is 8.08. The number of Topliss-reactive ketones (excluding diaryl/α,β-unsaturated/α-hetero) is 1. The van der Waals surface area contributed by atoms with Crippen molar-refractivity contribution in [1.29, 1.82) is 0 Å². The van der Waals surface area contributed by atoms with Crippen molar-refractivity contribution in [2.24, 2.45) is 0 Å². The number of anilines is 1. The Hall–Kier alpha value is -4.06. The molecule has 0 aliphatic heterocycles. The normalized spacial score (nSPS) is 11.6. The molecule has 2 aromatic heterocycles. The van der Waals surface area contributed by atoms with Crippen LogP contribution in [-0.4, -0.2) is 95.7 Å². The third-order valence-electron chi connectivity index (χ3n) is 8.08. The number of pyridine rings is 1. The summed E-state index contributed by atoms with van der Waals surface area (Å²) in [6.45, 7) is 12.9. The van der Waals surface area contributed by atoms with E-state index in [2.05, 4.69) is 39.3 Å². The number of hydrogen-bond acceptors (Lipinski definition) is 10. The number of nitrogen functional groups attached to an aromatic ring is 1. The van der Waals surface area contributed by atoms with Gasteiger partial charge >= 0.3 is 5.97 Å². The van der Waals surface area contributed by atoms with E-state index >= 15 is 0 Å². The van der Waals surface area contributed by atoms with Gasteiger partial charge in [-0.3, -0.25) is 14.6 Å². The highest BCUT2D eigenvalue weighted by molar-refractivity contribution is 6.06. The maximum atomic E-state index is 13.2. The number of nitrogens with two attached hydrogens (primary N) is 1. The van der Waals surface area contributed by atoms with Crippen molar-refractivity contribution in [1.82, 2.24) is 24.3 Å². The van der Waals surface area contributed by atoms with Gasteiger partial charge in [-0.2, -0.15) is 0 Å². The number of benzene rings is 2. The molecule has 2 heterocycles. The molecule has 0 saturated carbocycles. The zero-order valence-electron chi connectivity index (χ0n) is 27.9. The first-order valence-electron chi connectivity index (χ1n) is 16.1. The summed E-state index contributed by atoms with van der Waals surface area (Å²) in [5.41, 5.74) is 10.8. The number of aryl methyl sites for hydroxylation is 2. The molecule has 0 radical (unpaired) electrons. The van der Waals surface area contributed by atoms with Crippen LogP contribution in [0.5, 0.6) is 5.75 Å². The van der Waals surface area contributed by atoms with Crippen molar-refractivity contribution in [3.63, 3.8) is 0 Å². The van der Waals surface area contributed by atoms with Gasteiger partial charge in [0, 0.05) is 38.6 Å². The number of carbonyl (C=O) groups is 2. The smallest absolute Gasteiger partial charge is 0.344 e. The number of aromatic nitrogens is 3. The number of fused-ring (bicyclic) bond motifs is 3. The highest BCUT2D eigenvalue weighted by Gasteiger charge is 2.19. The number of rotatable bonds is 19. The molecule has 46 heavy (non-hydrogen) atoms. The van der Waals surface area contributed by atoms with Crippen LogP contribution in [0.15, 0.2) is 42.5 Å². The molecule has 0 aliphatic rings. The van der Waals surface area contributed by atoms with Crippen LogP contribution in [0.4, 0.5) is 5.82 Å². The molecule has 4 rings (SSSR count). The van der Waals surface area contributed by atoms with Crippen LogP contribution in [0, 0.1) is 6.92 Å². The fraction of sp³-hybridized carbons (Fsp3) is 0.486. The van der Waals surface area contributed by atoms with Gasteiger partial charge in [0.15, 0.2) is 18.2 Å². The van der Waals surface area contributed by atoms with E-state index in [1.807, 2.05) is 43.3 Å². The van der Waals surface area contributed by atoms with Crippen molar-refractivity contribution < 1.29 is 23.8 Å². The minimum Gasteiger partial charge on any atom is -0.482 e. The van der Waals surface area contributed by atoms with E-state index in [0.717, 1.165) is 52.9 Å². The van der Waals surface area contributed by atoms with E-state index in [4.69, 9.17) is 24.9 Å². The zero-order chi connectivity index (χ0) is 33.1. The molecule has 11 nitrogen and oxygen atoms in total. The molecule has 0 amide bonds. The monoisotopic (exact) mass is 632 g/mol. The second kappa shape index (κ2) is 17.0. The van der Waals surface area contributed by atoms with Gasteiger partial charge in [0.1, 0.15) is 17.1 Å². The number of ether oxygens (including phenoxy) is 3. The Morgan fingerprint density at radius 1 is 1.00 bits per heavy atom. The molecule has 0 saturated heterocycles. The molecular formula is C35H48N6O5. The molecule has 2 aromatic carbocycles. The van der Waals surface area contributed by atoms with Gasteiger partial charge in [0.25, 0.3) is 0 Å². The standard InChI is InChI=1S/C35H48N6O5/c1-6-39(7-2)22-27(42)23-40(21-26-15-14-25(4)30(20-26)46-24-32(43)45-8-3)17-11-18-41-31(16-19-44-5)38-33-34(41)28-12-9-10-13-29(28)37-35(33)36/h9-10,12-15,20H,6-8,11,16-19,21-24H2,1-5H3,(H2,36,37). The minimum absolute atomic E-state index is 0.150. The van der Waals surface area contributed by atoms with Crippen LogP contribution in [0.2, 0.25) is 0 Å². The van der Waals surface area contributed by atoms with Gasteiger partial charge in [-0.25, -0.2) is 14.8 Å². The molecule has 4 aromatic rings. The first-order chi connectivity index (χ1) is 22.3. The van der Waals surface area contributed by atoms with Crippen LogP contribution >= 0.6 is 0 Å². The minimum atomic E-state index is -0.405. The summed E-state index contributed by atoms with van der Waals surface area (Å²) in [7, 11) is 1.68. The summed E-state index contributed by atoms with van der Waals surface area (Å²) >= 11 is 0. The lowest BCUT2D eigenvalue weighted by atomic mass is 10.1. The molecule has 0 fully saturated rings. The summed E-state index contributed by atoms with van der Waals surface area (Å²) in [6, 6.07) is 14.0. The van der Waals surface area contributed by atoms with Crippen molar-refractivity contribution >= 4 is 39.5 Å². The summed E-state index contributed by atoms with van der Waals surface area (Å²) < 4.78 is 18.4. The number of hydrogen-bond donors (Lipinski definition) is 1. The molecule has 0 bridgehead atoms. The van der Waals surface area contributed by atoms with E-state index in [0.29, 0.717) is 69.4 Å². The predicted octanol–water partition coefficient (Wildman–Crippen LogP) is 4.41. The first kappa shape index (κ1) is 34.8. The Labute approximate surface area is 271 Å². The highest BCUT2D eigenvalue weighted by atomic mass is 16.6. The molecule has 0 aliphatic carbocycles. The number of nitrogens with zero attached hydrogens (tertiary/aromatic N) is 5. The summed E-state index contributed by atoms with van der Waals surface area (Å²) in [6.07, 6.45) is 1.42. The largest absolute Gasteiger partial charge is 0.482 e. The lowest BCUT2D eigenvalue weighted by Crippen LogP contribution is -2.37. The van der Waals surface area contributed by atoms with Gasteiger partial charge in [-0.1, -0.05) is 44.2 Å². The van der Waals surface area contributed by atoms with Gasteiger partial charge in [0.2, 0.25) is 0 Å². The Morgan fingerprint density at radius 2 is 1.76 bits per heavy atom. The number of para-hydroxylation sites is 1. The first-order valence-corrected chi connectivity index (χ1v) is 16.1. The molecular weight excluding hydrogens is 584 g/mol. The number of imidazole rings is 1. The van der Waals surface area contributed by atoms with E-state index < -0.39 is 5.97 Å². The Balaban J connectivity index is 1.57. The predicted molar refractivity (Wildman–Crippen MR) is 181 cm³/mol. The van der Waals surface area contributed by atoms with E-state index in [1.165, 1.54) is 0 Å². The third kappa shape index (κ3) is 9.02. The molecule has 11 heteroatoms. The quantitative estimate of drug-likeness (QED) is 0.149. The van der Waals surface area contributed by atoms with E-state index in [-0.39, 0.29) is 12.4 Å². The SMILES string of the molecule is CCOC(=O)COc1cc(CN(CCCn2c(CCOC)nc3c(N)nc4ccccc4c32)CC(=O)CN(CC)CC)ccc1C. The van der Waals surface area contributed by atoms with Crippen molar-refractivity contribution in [2.45, 2.75) is 53.6 Å². The lowest BCUT2D eigenvalue weighted by molar-refractivity contribution is -0.145. The zero-order valence-corrected chi connectivity index (χ0v) is 27.9. The maximum Gasteiger partial charge on any atom is 0.344 e.